The first-order valence-electron chi connectivity index (χ1n) is 7.75. The lowest BCUT2D eigenvalue weighted by Crippen LogP contribution is -2.19. The quantitative estimate of drug-likeness (QED) is 0.655. The molecule has 3 N–H and O–H groups in total. The minimum atomic E-state index is -0.921. The number of hydrogen-bond donors (Lipinski definition) is 2. The van der Waals surface area contributed by atoms with Crippen LogP contribution in [-0.2, 0) is 11.8 Å². The maximum atomic E-state index is 13.8. The third-order valence-corrected chi connectivity index (χ3v) is 3.84. The number of carbonyl (C=O) groups excluding carboxylic acids is 1. The highest BCUT2D eigenvalue weighted by atomic mass is 35.5. The summed E-state index contributed by atoms with van der Waals surface area (Å²) in [6.45, 7) is 1.50. The lowest BCUT2D eigenvalue weighted by atomic mass is 10.2. The van der Waals surface area contributed by atoms with Gasteiger partial charge >= 0.3 is 6.09 Å². The SMILES string of the molecule is C[C@@H](OC(=O)Nc1c(-c2ccc(N)cn2)nnn1C)c1cc(Cl)cnc1F. The number of nitrogens with one attached hydrogen (secondary N) is 1. The summed E-state index contributed by atoms with van der Waals surface area (Å²) in [4.78, 5) is 19.9. The van der Waals surface area contributed by atoms with Gasteiger partial charge in [0.05, 0.1) is 22.6 Å². The van der Waals surface area contributed by atoms with E-state index < -0.39 is 18.1 Å². The summed E-state index contributed by atoms with van der Waals surface area (Å²) in [5.41, 5.74) is 6.96. The summed E-state index contributed by atoms with van der Waals surface area (Å²) >= 11 is 5.81. The zero-order valence-electron chi connectivity index (χ0n) is 14.3. The van der Waals surface area contributed by atoms with Gasteiger partial charge in [-0.3, -0.25) is 10.3 Å². The Balaban J connectivity index is 1.77. The number of pyridine rings is 2. The maximum Gasteiger partial charge on any atom is 0.413 e. The van der Waals surface area contributed by atoms with Crippen LogP contribution in [0.4, 0.5) is 20.7 Å². The topological polar surface area (TPSA) is 121 Å². The van der Waals surface area contributed by atoms with E-state index in [0.29, 0.717) is 17.1 Å². The molecule has 1 atom stereocenters. The molecule has 0 unspecified atom stereocenters. The Morgan fingerprint density at radius 3 is 2.85 bits per heavy atom. The van der Waals surface area contributed by atoms with Crippen LogP contribution in [0.1, 0.15) is 18.6 Å². The van der Waals surface area contributed by atoms with Crippen molar-refractivity contribution in [2.24, 2.45) is 7.05 Å². The normalized spacial score (nSPS) is 11.9. The van der Waals surface area contributed by atoms with Crippen LogP contribution in [0.3, 0.4) is 0 Å². The lowest BCUT2D eigenvalue weighted by Gasteiger charge is -2.15. The van der Waals surface area contributed by atoms with E-state index in [2.05, 4.69) is 25.6 Å². The molecule has 0 aromatic carbocycles. The summed E-state index contributed by atoms with van der Waals surface area (Å²) in [7, 11) is 1.59. The molecular weight excluding hydrogens is 377 g/mol. The van der Waals surface area contributed by atoms with Gasteiger partial charge in [-0.05, 0) is 25.1 Å². The number of nitrogens with zero attached hydrogens (tertiary/aromatic N) is 5. The van der Waals surface area contributed by atoms with Crippen molar-refractivity contribution in [2.75, 3.05) is 11.1 Å². The van der Waals surface area contributed by atoms with Gasteiger partial charge in [0.1, 0.15) is 6.10 Å². The monoisotopic (exact) mass is 391 g/mol. The average molecular weight is 392 g/mol. The molecule has 3 aromatic heterocycles. The summed E-state index contributed by atoms with van der Waals surface area (Å²) in [6, 6.07) is 4.64. The fourth-order valence-electron chi connectivity index (χ4n) is 2.29. The molecule has 0 fully saturated rings. The van der Waals surface area contributed by atoms with Gasteiger partial charge in [-0.25, -0.2) is 14.5 Å². The van der Waals surface area contributed by atoms with Crippen molar-refractivity contribution in [1.82, 2.24) is 25.0 Å². The second-order valence-corrected chi connectivity index (χ2v) is 6.03. The number of hydrogen-bond acceptors (Lipinski definition) is 7. The van der Waals surface area contributed by atoms with E-state index in [1.807, 2.05) is 0 Å². The molecule has 0 aliphatic carbocycles. The molecule has 0 radical (unpaired) electrons. The van der Waals surface area contributed by atoms with Crippen molar-refractivity contribution >= 4 is 29.2 Å². The summed E-state index contributed by atoms with van der Waals surface area (Å²) in [6.07, 6.45) is 0.878. The van der Waals surface area contributed by atoms with E-state index in [4.69, 9.17) is 22.1 Å². The zero-order valence-corrected chi connectivity index (χ0v) is 15.1. The number of amides is 1. The summed E-state index contributed by atoms with van der Waals surface area (Å²) in [5.74, 6) is -0.511. The van der Waals surface area contributed by atoms with Gasteiger partial charge in [0.2, 0.25) is 5.95 Å². The number of nitrogen functional groups attached to an aromatic ring is 1. The fourth-order valence-corrected chi connectivity index (χ4v) is 2.46. The number of halogens is 2. The van der Waals surface area contributed by atoms with Crippen molar-refractivity contribution < 1.29 is 13.9 Å². The lowest BCUT2D eigenvalue weighted by molar-refractivity contribution is 0.118. The molecule has 0 aliphatic heterocycles. The fraction of sp³-hybridized carbons (Fsp3) is 0.188. The molecule has 0 aliphatic rings. The number of anilines is 2. The molecule has 0 saturated heterocycles. The van der Waals surface area contributed by atoms with Gasteiger partial charge in [0.15, 0.2) is 11.5 Å². The first kappa shape index (κ1) is 18.5. The van der Waals surface area contributed by atoms with Crippen LogP contribution < -0.4 is 11.1 Å². The van der Waals surface area contributed by atoms with E-state index in [-0.39, 0.29) is 16.4 Å². The molecule has 0 saturated carbocycles. The molecule has 9 nitrogen and oxygen atoms in total. The van der Waals surface area contributed by atoms with E-state index >= 15 is 0 Å². The third-order valence-electron chi connectivity index (χ3n) is 3.63. The van der Waals surface area contributed by atoms with E-state index in [0.717, 1.165) is 0 Å². The highest BCUT2D eigenvalue weighted by Gasteiger charge is 2.21. The molecular formula is C16H15ClFN7O2. The number of aryl methyl sites for hydroxylation is 1. The second kappa shape index (κ2) is 7.54. The van der Waals surface area contributed by atoms with Gasteiger partial charge in [-0.1, -0.05) is 16.8 Å². The molecule has 0 spiro atoms. The Morgan fingerprint density at radius 2 is 2.15 bits per heavy atom. The van der Waals surface area contributed by atoms with Crippen LogP contribution in [-0.4, -0.2) is 31.1 Å². The Hall–Kier alpha value is -3.27. The number of aromatic nitrogens is 5. The molecule has 27 heavy (non-hydrogen) atoms. The summed E-state index contributed by atoms with van der Waals surface area (Å²) in [5, 5.41) is 10.6. The number of ether oxygens (including phenoxy) is 1. The van der Waals surface area contributed by atoms with Crippen LogP contribution in [0.5, 0.6) is 0 Å². The molecule has 3 rings (SSSR count). The van der Waals surface area contributed by atoms with Crippen LogP contribution in [0.2, 0.25) is 5.02 Å². The van der Waals surface area contributed by atoms with E-state index in [9.17, 15) is 9.18 Å². The van der Waals surface area contributed by atoms with Crippen LogP contribution >= 0.6 is 11.6 Å². The Labute approximate surface area is 158 Å². The molecule has 1 amide bonds. The van der Waals surface area contributed by atoms with Crippen molar-refractivity contribution in [3.8, 4) is 11.4 Å². The number of nitrogens with two attached hydrogens (primary N) is 1. The molecule has 140 valence electrons. The Bertz CT molecular complexity index is 977. The molecule has 3 aromatic rings. The smallest absolute Gasteiger partial charge is 0.413 e. The van der Waals surface area contributed by atoms with Crippen molar-refractivity contribution in [3.63, 3.8) is 0 Å². The van der Waals surface area contributed by atoms with Crippen LogP contribution in [0, 0.1) is 5.95 Å². The Kier molecular flexibility index (Phi) is 5.17. The number of rotatable bonds is 4. The van der Waals surface area contributed by atoms with Crippen molar-refractivity contribution in [2.45, 2.75) is 13.0 Å². The highest BCUT2D eigenvalue weighted by Crippen LogP contribution is 2.26. The second-order valence-electron chi connectivity index (χ2n) is 5.59. The number of carbonyl (C=O) groups is 1. The highest BCUT2D eigenvalue weighted by molar-refractivity contribution is 6.30. The van der Waals surface area contributed by atoms with E-state index in [1.54, 1.807) is 19.2 Å². The standard InChI is InChI=1S/C16H15ClFN7O2/c1-8(11-5-9(17)6-21-14(11)18)27-16(26)22-15-13(23-24-25(15)2)12-4-3-10(19)7-20-12/h3-8H,19H2,1-2H3,(H,22,26)/t8-/m1/s1. The largest absolute Gasteiger partial charge is 0.441 e. The molecule has 3 heterocycles. The maximum absolute atomic E-state index is 13.8. The minimum absolute atomic E-state index is 0.0567. The van der Waals surface area contributed by atoms with Gasteiger partial charge in [0, 0.05) is 18.8 Å². The minimum Gasteiger partial charge on any atom is -0.441 e. The predicted molar refractivity (Wildman–Crippen MR) is 96.4 cm³/mol. The van der Waals surface area contributed by atoms with Crippen LogP contribution in [0.25, 0.3) is 11.4 Å². The van der Waals surface area contributed by atoms with Crippen molar-refractivity contribution in [1.29, 1.82) is 0 Å². The average Bonchev–Trinajstić information content (AvgIpc) is 2.98. The first-order valence-corrected chi connectivity index (χ1v) is 8.13. The molecule has 11 heteroatoms. The van der Waals surface area contributed by atoms with Gasteiger partial charge in [-0.2, -0.15) is 4.39 Å². The van der Waals surface area contributed by atoms with Gasteiger partial charge in [0.25, 0.3) is 0 Å². The first-order chi connectivity index (χ1) is 12.8. The third kappa shape index (κ3) is 4.11. The molecule has 0 bridgehead atoms. The van der Waals surface area contributed by atoms with E-state index in [1.165, 1.54) is 30.1 Å². The Morgan fingerprint density at radius 1 is 1.37 bits per heavy atom. The van der Waals surface area contributed by atoms with Crippen LogP contribution in [0.15, 0.2) is 30.6 Å². The zero-order chi connectivity index (χ0) is 19.6. The summed E-state index contributed by atoms with van der Waals surface area (Å²) < 4.78 is 20.4. The predicted octanol–water partition coefficient (Wildman–Crippen LogP) is 2.96. The van der Waals surface area contributed by atoms with Gasteiger partial charge in [-0.15, -0.1) is 5.10 Å². The van der Waals surface area contributed by atoms with Crippen molar-refractivity contribution in [3.05, 3.63) is 47.1 Å². The van der Waals surface area contributed by atoms with Gasteiger partial charge < -0.3 is 10.5 Å².